The van der Waals surface area contributed by atoms with Crippen LogP contribution in [0.3, 0.4) is 0 Å². The molecule has 1 aliphatic heterocycles. The van der Waals surface area contributed by atoms with Crippen LogP contribution in [0, 0.1) is 11.8 Å². The number of ether oxygens (including phenoxy) is 1. The summed E-state index contributed by atoms with van der Waals surface area (Å²) < 4.78 is 57.5. The highest BCUT2D eigenvalue weighted by Crippen LogP contribution is 2.49. The summed E-state index contributed by atoms with van der Waals surface area (Å²) in [4.78, 5) is 29.4. The van der Waals surface area contributed by atoms with Gasteiger partial charge in [-0.05, 0) is 44.0 Å². The Kier molecular flexibility index (Phi) is 5.57. The molecule has 4 rings (SSSR count). The van der Waals surface area contributed by atoms with Crippen LogP contribution in [-0.2, 0) is 15.5 Å². The van der Waals surface area contributed by atoms with Crippen LogP contribution in [0.2, 0.25) is 0 Å². The average Bonchev–Trinajstić information content (AvgIpc) is 3.54. The van der Waals surface area contributed by atoms with E-state index < -0.39 is 36.2 Å². The number of nitrogens with one attached hydrogen (secondary N) is 1. The van der Waals surface area contributed by atoms with E-state index in [-0.39, 0.29) is 28.5 Å². The summed E-state index contributed by atoms with van der Waals surface area (Å²) in [6.45, 7) is -1.55. The number of rotatable bonds is 7. The van der Waals surface area contributed by atoms with Crippen LogP contribution in [-0.4, -0.2) is 29.1 Å². The Balaban J connectivity index is 1.47. The van der Waals surface area contributed by atoms with Crippen LogP contribution in [0.1, 0.15) is 25.3 Å². The number of hydrazone groups is 1. The summed E-state index contributed by atoms with van der Waals surface area (Å²) in [6, 6.07) is 7.80. The fourth-order valence-electron chi connectivity index (χ4n) is 3.40. The number of carbonyl (C=O) groups is 2. The van der Waals surface area contributed by atoms with E-state index in [4.69, 9.17) is 0 Å². The predicted octanol–water partition coefficient (Wildman–Crippen LogP) is 4.16. The topological polar surface area (TPSA) is 83.9 Å². The van der Waals surface area contributed by atoms with Crippen LogP contribution in [0.5, 0.6) is 5.75 Å². The lowest BCUT2D eigenvalue weighted by Gasteiger charge is -2.18. The molecule has 1 aromatic heterocycles. The summed E-state index contributed by atoms with van der Waals surface area (Å²) in [6.07, 6.45) is 1.91. The molecule has 1 N–H and O–H groups in total. The lowest BCUT2D eigenvalue weighted by molar-refractivity contribution is -0.127. The zero-order valence-corrected chi connectivity index (χ0v) is 16.8. The molecule has 32 heavy (non-hydrogen) atoms. The molecule has 1 aliphatic carbocycles. The van der Waals surface area contributed by atoms with E-state index in [1.807, 2.05) is 0 Å². The maximum Gasteiger partial charge on any atom is 0.387 e. The number of amides is 2. The van der Waals surface area contributed by atoms with E-state index in [1.165, 1.54) is 43.3 Å². The fraction of sp³-hybridized carbons (Fsp3) is 0.333. The van der Waals surface area contributed by atoms with Crippen molar-refractivity contribution in [3.8, 4) is 5.75 Å². The quantitative estimate of drug-likeness (QED) is 0.507. The third-order valence-electron chi connectivity index (χ3n) is 5.16. The van der Waals surface area contributed by atoms with Gasteiger partial charge in [0.1, 0.15) is 5.75 Å². The van der Waals surface area contributed by atoms with Gasteiger partial charge in [0, 0.05) is 17.2 Å². The van der Waals surface area contributed by atoms with Crippen LogP contribution < -0.4 is 15.1 Å². The number of carbonyl (C=O) groups excluding carboxylic acids is 2. The molecule has 1 saturated carbocycles. The predicted molar refractivity (Wildman–Crippen MR) is 107 cm³/mol. The number of hydrogen-bond donors (Lipinski definition) is 1. The number of hydrogen-bond acceptors (Lipinski definition) is 5. The smallest absolute Gasteiger partial charge is 0.387 e. The zero-order valence-electron chi connectivity index (χ0n) is 16.8. The van der Waals surface area contributed by atoms with Crippen LogP contribution in [0.4, 0.5) is 29.1 Å². The van der Waals surface area contributed by atoms with Crippen LogP contribution in [0.25, 0.3) is 0 Å². The summed E-state index contributed by atoms with van der Waals surface area (Å²) >= 11 is 0. The van der Waals surface area contributed by atoms with Gasteiger partial charge in [-0.3, -0.25) is 9.59 Å². The highest BCUT2D eigenvalue weighted by Gasteiger charge is 2.48. The molecule has 1 atom stereocenters. The Morgan fingerprint density at radius 2 is 2.00 bits per heavy atom. The van der Waals surface area contributed by atoms with Crippen molar-refractivity contribution in [3.63, 3.8) is 0 Å². The highest BCUT2D eigenvalue weighted by molar-refractivity contribution is 6.28. The molecule has 1 fully saturated rings. The third kappa shape index (κ3) is 4.27. The molecule has 2 heterocycles. The normalized spacial score (nSPS) is 18.7. The second kappa shape index (κ2) is 8.21. The first-order chi connectivity index (χ1) is 15.2. The van der Waals surface area contributed by atoms with Crippen LogP contribution in [0.15, 0.2) is 47.7 Å². The SMILES string of the molecule is CC1=NN(c2ccc(OC(F)F)cn2)C(=O)C1C(=O)Nc1cccc(C(F)(F)C2CC2)c1. The summed E-state index contributed by atoms with van der Waals surface area (Å²) in [5, 5.41) is 7.40. The monoisotopic (exact) mass is 450 g/mol. The lowest BCUT2D eigenvalue weighted by atomic mass is 10.0. The minimum absolute atomic E-state index is 0.0114. The zero-order chi connectivity index (χ0) is 23.0. The summed E-state index contributed by atoms with van der Waals surface area (Å²) in [7, 11) is 0. The van der Waals surface area contributed by atoms with Crippen molar-refractivity contribution in [3.05, 3.63) is 48.2 Å². The summed E-state index contributed by atoms with van der Waals surface area (Å²) in [5.74, 6) is -6.60. The van der Waals surface area contributed by atoms with Crippen molar-refractivity contribution >= 4 is 29.0 Å². The molecule has 11 heteroatoms. The van der Waals surface area contributed by atoms with E-state index in [1.54, 1.807) is 0 Å². The molecule has 0 radical (unpaired) electrons. The Bertz CT molecular complexity index is 1070. The minimum atomic E-state index is -3.02. The molecule has 1 unspecified atom stereocenters. The molecule has 2 amide bonds. The molecule has 168 valence electrons. The maximum absolute atomic E-state index is 14.4. The molecule has 7 nitrogen and oxygen atoms in total. The Hall–Kier alpha value is -3.50. The van der Waals surface area contributed by atoms with Gasteiger partial charge in [-0.25, -0.2) is 13.8 Å². The highest BCUT2D eigenvalue weighted by atomic mass is 19.3. The number of alkyl halides is 4. The molecule has 2 aliphatic rings. The van der Waals surface area contributed by atoms with E-state index >= 15 is 0 Å². The first-order valence-electron chi connectivity index (χ1n) is 9.76. The van der Waals surface area contributed by atoms with E-state index in [9.17, 15) is 27.2 Å². The first kappa shape index (κ1) is 21.7. The fourth-order valence-corrected chi connectivity index (χ4v) is 3.40. The van der Waals surface area contributed by atoms with Gasteiger partial charge >= 0.3 is 6.61 Å². The number of benzene rings is 1. The van der Waals surface area contributed by atoms with Crippen LogP contribution >= 0.6 is 0 Å². The van der Waals surface area contributed by atoms with Gasteiger partial charge in [0.15, 0.2) is 11.7 Å². The van der Waals surface area contributed by atoms with E-state index in [0.29, 0.717) is 12.8 Å². The average molecular weight is 450 g/mol. The summed E-state index contributed by atoms with van der Waals surface area (Å²) in [5.41, 5.74) is 0.109. The number of anilines is 2. The van der Waals surface area contributed by atoms with Gasteiger partial charge in [-0.15, -0.1) is 0 Å². The number of nitrogens with zero attached hydrogens (tertiary/aromatic N) is 3. The van der Waals surface area contributed by atoms with Gasteiger partial charge in [0.05, 0.1) is 11.9 Å². The van der Waals surface area contributed by atoms with E-state index in [0.717, 1.165) is 11.2 Å². The van der Waals surface area contributed by atoms with Crippen molar-refractivity contribution in [1.82, 2.24) is 4.98 Å². The molecule has 0 saturated heterocycles. The number of halogens is 4. The molecule has 0 spiro atoms. The standard InChI is InChI=1S/C21H18F4N4O3/c1-11-17(19(31)29(28-11)16-8-7-15(10-26-16)32-20(22)23)18(30)27-14-4-2-3-13(9-14)21(24,25)12-5-6-12/h2-4,7-10,12,17,20H,5-6H2,1H3,(H,27,30). The van der Waals surface area contributed by atoms with Crippen molar-refractivity contribution in [1.29, 1.82) is 0 Å². The van der Waals surface area contributed by atoms with Gasteiger partial charge in [0.25, 0.3) is 11.8 Å². The molecule has 1 aromatic carbocycles. The van der Waals surface area contributed by atoms with Crippen molar-refractivity contribution in [2.45, 2.75) is 32.3 Å². The van der Waals surface area contributed by atoms with Gasteiger partial charge in [0.2, 0.25) is 5.91 Å². The Morgan fingerprint density at radius 1 is 1.25 bits per heavy atom. The second-order valence-electron chi connectivity index (χ2n) is 7.52. The van der Waals surface area contributed by atoms with Crippen molar-refractivity contribution in [2.75, 3.05) is 10.3 Å². The van der Waals surface area contributed by atoms with Gasteiger partial charge < -0.3 is 10.1 Å². The largest absolute Gasteiger partial charge is 0.433 e. The molecule has 2 aromatic rings. The second-order valence-corrected chi connectivity index (χ2v) is 7.52. The maximum atomic E-state index is 14.4. The Labute approximate surface area is 180 Å². The third-order valence-corrected chi connectivity index (χ3v) is 5.16. The van der Waals surface area contributed by atoms with Gasteiger partial charge in [-0.2, -0.15) is 18.9 Å². The van der Waals surface area contributed by atoms with Crippen molar-refractivity contribution in [2.24, 2.45) is 16.9 Å². The first-order valence-corrected chi connectivity index (χ1v) is 9.76. The Morgan fingerprint density at radius 3 is 2.62 bits per heavy atom. The minimum Gasteiger partial charge on any atom is -0.433 e. The molecular formula is C21H18F4N4O3. The number of pyridine rings is 1. The van der Waals surface area contributed by atoms with Gasteiger partial charge in [-0.1, -0.05) is 12.1 Å². The van der Waals surface area contributed by atoms with E-state index in [2.05, 4.69) is 20.1 Å². The van der Waals surface area contributed by atoms with Crippen molar-refractivity contribution < 1.29 is 31.9 Å². The lowest BCUT2D eigenvalue weighted by Crippen LogP contribution is -2.36. The molecule has 0 bridgehead atoms. The molecular weight excluding hydrogens is 432 g/mol. The number of aromatic nitrogens is 1.